The van der Waals surface area contributed by atoms with E-state index in [4.69, 9.17) is 11.4 Å². The molecule has 1 aromatic heterocycles. The van der Waals surface area contributed by atoms with Crippen LogP contribution in [0, 0.1) is 26.2 Å². The minimum atomic E-state index is -0.197. The first kappa shape index (κ1) is 17.0. The van der Waals surface area contributed by atoms with Gasteiger partial charge in [0.15, 0.2) is 5.16 Å². The maximum Gasteiger partial charge on any atom is 0.234 e. The number of terminal acetylenes is 1. The van der Waals surface area contributed by atoms with Crippen LogP contribution in [0.15, 0.2) is 5.16 Å². The van der Waals surface area contributed by atoms with Crippen LogP contribution in [0.5, 0.6) is 0 Å². The third-order valence-corrected chi connectivity index (χ3v) is 5.38. The molecular weight excluding hydrogens is 294 g/mol. The first-order chi connectivity index (χ1) is 10.5. The molecule has 4 nitrogen and oxygen atoms in total. The largest absolute Gasteiger partial charge is 0.344 e. The first-order valence-corrected chi connectivity index (χ1v) is 8.85. The molecule has 0 aromatic carbocycles. The van der Waals surface area contributed by atoms with E-state index in [1.165, 1.54) is 49.6 Å². The Morgan fingerprint density at radius 1 is 1.45 bits per heavy atom. The number of carbonyl (C=O) groups is 1. The lowest BCUT2D eigenvalue weighted by Gasteiger charge is -2.26. The van der Waals surface area contributed by atoms with Crippen LogP contribution in [0.1, 0.15) is 56.5 Å². The van der Waals surface area contributed by atoms with Gasteiger partial charge in [0, 0.05) is 11.7 Å². The van der Waals surface area contributed by atoms with Crippen LogP contribution in [0.25, 0.3) is 0 Å². The average Bonchev–Trinajstić information content (AvgIpc) is 2.80. The van der Waals surface area contributed by atoms with Crippen molar-refractivity contribution in [1.82, 2.24) is 14.9 Å². The van der Waals surface area contributed by atoms with Gasteiger partial charge in [-0.05, 0) is 33.6 Å². The number of rotatable bonds is 5. The fourth-order valence-corrected chi connectivity index (χ4v) is 4.04. The Morgan fingerprint density at radius 2 is 2.14 bits per heavy atom. The van der Waals surface area contributed by atoms with Gasteiger partial charge in [0.05, 0.1) is 17.5 Å². The second-order valence-electron chi connectivity index (χ2n) is 5.91. The quantitative estimate of drug-likeness (QED) is 0.669. The number of thioether (sulfide) groups is 1. The number of nitrogens with one attached hydrogen (secondary N) is 1. The molecular formula is C17H25N3OS. The van der Waals surface area contributed by atoms with Crippen molar-refractivity contribution in [3.8, 4) is 12.3 Å². The van der Waals surface area contributed by atoms with Crippen LogP contribution in [-0.4, -0.2) is 27.3 Å². The van der Waals surface area contributed by atoms with Crippen LogP contribution in [0.2, 0.25) is 0 Å². The summed E-state index contributed by atoms with van der Waals surface area (Å²) in [7, 11) is 0. The lowest BCUT2D eigenvalue weighted by Crippen LogP contribution is -2.31. The summed E-state index contributed by atoms with van der Waals surface area (Å²) in [6.45, 7) is 6.35. The lowest BCUT2D eigenvalue weighted by molar-refractivity contribution is -0.120. The summed E-state index contributed by atoms with van der Waals surface area (Å²) in [5.41, 5.74) is 2.29. The summed E-state index contributed by atoms with van der Waals surface area (Å²) in [6, 6.07) is 0.526. The monoisotopic (exact) mass is 319 g/mol. The van der Waals surface area contributed by atoms with E-state index in [0.29, 0.717) is 6.04 Å². The highest BCUT2D eigenvalue weighted by molar-refractivity contribution is 8.00. The van der Waals surface area contributed by atoms with Crippen LogP contribution in [0.3, 0.4) is 0 Å². The zero-order valence-corrected chi connectivity index (χ0v) is 14.5. The van der Waals surface area contributed by atoms with Gasteiger partial charge in [-0.1, -0.05) is 36.9 Å². The predicted octanol–water partition coefficient (Wildman–Crippen LogP) is 3.24. The Kier molecular flexibility index (Phi) is 5.96. The standard InChI is InChI=1S/C17H25N3OS/c1-5-11-18-16(21)14(4)22-17-19-12(2)13(3)20(17)15-9-7-6-8-10-15/h1,14-15H,6-11H2,2-4H3,(H,18,21). The highest BCUT2D eigenvalue weighted by Gasteiger charge is 2.24. The molecule has 1 amide bonds. The Morgan fingerprint density at radius 3 is 2.77 bits per heavy atom. The van der Waals surface area contributed by atoms with Crippen molar-refractivity contribution in [1.29, 1.82) is 0 Å². The number of aromatic nitrogens is 2. The minimum absolute atomic E-state index is 0.0311. The summed E-state index contributed by atoms with van der Waals surface area (Å²) in [6.07, 6.45) is 11.5. The van der Waals surface area contributed by atoms with Gasteiger partial charge in [-0.3, -0.25) is 4.79 Å². The Labute approximate surface area is 137 Å². The maximum absolute atomic E-state index is 12.0. The molecule has 1 aliphatic rings. The van der Waals surface area contributed by atoms with E-state index < -0.39 is 0 Å². The predicted molar refractivity (Wildman–Crippen MR) is 91.0 cm³/mol. The van der Waals surface area contributed by atoms with E-state index in [-0.39, 0.29) is 17.7 Å². The van der Waals surface area contributed by atoms with Crippen molar-refractivity contribution >= 4 is 17.7 Å². The van der Waals surface area contributed by atoms with Gasteiger partial charge < -0.3 is 9.88 Å². The van der Waals surface area contributed by atoms with Crippen molar-refractivity contribution in [3.05, 3.63) is 11.4 Å². The van der Waals surface area contributed by atoms with Gasteiger partial charge in [-0.25, -0.2) is 4.98 Å². The molecule has 1 unspecified atom stereocenters. The molecule has 1 aromatic rings. The van der Waals surface area contributed by atoms with Crippen molar-refractivity contribution in [2.45, 2.75) is 69.3 Å². The highest BCUT2D eigenvalue weighted by atomic mass is 32.2. The zero-order chi connectivity index (χ0) is 16.1. The van der Waals surface area contributed by atoms with Gasteiger partial charge in [0.2, 0.25) is 5.91 Å². The first-order valence-electron chi connectivity index (χ1n) is 7.97. The molecule has 0 aliphatic heterocycles. The normalized spacial score (nSPS) is 17.0. The number of imidazole rings is 1. The van der Waals surface area contributed by atoms with E-state index in [2.05, 4.69) is 22.7 Å². The molecule has 2 rings (SSSR count). The van der Waals surface area contributed by atoms with Gasteiger partial charge >= 0.3 is 0 Å². The summed E-state index contributed by atoms with van der Waals surface area (Å²) < 4.78 is 2.35. The molecule has 1 saturated carbocycles. The summed E-state index contributed by atoms with van der Waals surface area (Å²) in [5.74, 6) is 2.40. The van der Waals surface area contributed by atoms with E-state index >= 15 is 0 Å². The third kappa shape index (κ3) is 3.86. The van der Waals surface area contributed by atoms with E-state index in [1.807, 2.05) is 13.8 Å². The molecule has 1 fully saturated rings. The summed E-state index contributed by atoms with van der Waals surface area (Å²) >= 11 is 1.53. The second kappa shape index (κ2) is 7.73. The zero-order valence-electron chi connectivity index (χ0n) is 13.7. The van der Waals surface area contributed by atoms with Crippen molar-refractivity contribution in [2.75, 3.05) is 6.54 Å². The highest BCUT2D eigenvalue weighted by Crippen LogP contribution is 2.35. The molecule has 0 saturated heterocycles. The minimum Gasteiger partial charge on any atom is -0.344 e. The Bertz CT molecular complexity index is 567. The molecule has 1 heterocycles. The molecule has 1 N–H and O–H groups in total. The molecule has 1 atom stereocenters. The maximum atomic E-state index is 12.0. The van der Waals surface area contributed by atoms with Gasteiger partial charge in [0.25, 0.3) is 0 Å². The van der Waals surface area contributed by atoms with E-state index in [9.17, 15) is 4.79 Å². The molecule has 22 heavy (non-hydrogen) atoms. The molecule has 0 radical (unpaired) electrons. The van der Waals surface area contributed by atoms with Crippen molar-refractivity contribution < 1.29 is 4.79 Å². The van der Waals surface area contributed by atoms with Crippen LogP contribution < -0.4 is 5.32 Å². The van der Waals surface area contributed by atoms with Crippen LogP contribution in [-0.2, 0) is 4.79 Å². The van der Waals surface area contributed by atoms with Gasteiger partial charge in [-0.15, -0.1) is 6.42 Å². The molecule has 120 valence electrons. The molecule has 1 aliphatic carbocycles. The van der Waals surface area contributed by atoms with E-state index in [1.54, 1.807) is 0 Å². The van der Waals surface area contributed by atoms with Crippen LogP contribution in [0.4, 0.5) is 0 Å². The number of carbonyl (C=O) groups excluding carboxylic acids is 1. The number of nitrogens with zero attached hydrogens (tertiary/aromatic N) is 2. The number of aryl methyl sites for hydroxylation is 1. The topological polar surface area (TPSA) is 46.9 Å². The number of hydrogen-bond acceptors (Lipinski definition) is 3. The lowest BCUT2D eigenvalue weighted by atomic mass is 9.95. The smallest absolute Gasteiger partial charge is 0.234 e. The Hall–Kier alpha value is -1.41. The number of hydrogen-bond donors (Lipinski definition) is 1. The second-order valence-corrected chi connectivity index (χ2v) is 7.22. The third-order valence-electron chi connectivity index (χ3n) is 4.31. The fraction of sp³-hybridized carbons (Fsp3) is 0.647. The van der Waals surface area contributed by atoms with Crippen molar-refractivity contribution in [2.24, 2.45) is 0 Å². The fourth-order valence-electron chi connectivity index (χ4n) is 2.94. The molecule has 0 spiro atoms. The SMILES string of the molecule is C#CCNC(=O)C(C)Sc1nc(C)c(C)n1C1CCCCC1. The van der Waals surface area contributed by atoms with Gasteiger partial charge in [-0.2, -0.15) is 0 Å². The molecule has 0 bridgehead atoms. The number of amides is 1. The van der Waals surface area contributed by atoms with Crippen molar-refractivity contribution in [3.63, 3.8) is 0 Å². The van der Waals surface area contributed by atoms with E-state index in [0.717, 1.165) is 10.9 Å². The molecule has 5 heteroatoms. The van der Waals surface area contributed by atoms with Gasteiger partial charge in [0.1, 0.15) is 0 Å². The Balaban J connectivity index is 2.15. The average molecular weight is 319 g/mol. The summed E-state index contributed by atoms with van der Waals surface area (Å²) in [4.78, 5) is 16.7. The summed E-state index contributed by atoms with van der Waals surface area (Å²) in [5, 5.41) is 3.51. The van der Waals surface area contributed by atoms with Crippen LogP contribution >= 0.6 is 11.8 Å².